The van der Waals surface area contributed by atoms with Crippen molar-refractivity contribution >= 4 is 57.7 Å². The summed E-state index contributed by atoms with van der Waals surface area (Å²) in [5, 5.41) is 11.0. The van der Waals surface area contributed by atoms with Gasteiger partial charge in [-0.15, -0.1) is 23.1 Å². The molecule has 5 rings (SSSR count). The number of hydrogen-bond acceptors (Lipinski definition) is 6. The van der Waals surface area contributed by atoms with E-state index in [1.54, 1.807) is 48.5 Å². The molecule has 0 aliphatic carbocycles. The normalized spacial score (nSPS) is 11.2. The first-order valence-corrected chi connectivity index (χ1v) is 16.2. The van der Waals surface area contributed by atoms with Crippen LogP contribution in [0.4, 0.5) is 10.8 Å². The number of amides is 3. The highest BCUT2D eigenvalue weighted by atomic mass is 32.2. The van der Waals surface area contributed by atoms with Gasteiger partial charge in [-0.05, 0) is 53.5 Å². The van der Waals surface area contributed by atoms with Gasteiger partial charge < -0.3 is 16.0 Å². The van der Waals surface area contributed by atoms with Crippen LogP contribution in [-0.4, -0.2) is 28.5 Å². The van der Waals surface area contributed by atoms with Crippen molar-refractivity contribution in [1.29, 1.82) is 0 Å². The second-order valence-electron chi connectivity index (χ2n) is 10.4. The molecule has 0 saturated carbocycles. The molecule has 4 aromatic carbocycles. The summed E-state index contributed by atoms with van der Waals surface area (Å²) < 4.78 is 0. The number of nitrogens with zero attached hydrogens (tertiary/aromatic N) is 1. The molecule has 226 valence electrons. The number of hydrogen-bond donors (Lipinski definition) is 3. The van der Waals surface area contributed by atoms with Crippen LogP contribution in [0.25, 0.3) is 17.3 Å². The largest absolute Gasteiger partial charge is 0.321 e. The highest BCUT2D eigenvalue weighted by Gasteiger charge is 2.16. The molecule has 0 aliphatic rings. The van der Waals surface area contributed by atoms with E-state index in [9.17, 15) is 14.4 Å². The summed E-state index contributed by atoms with van der Waals surface area (Å²) in [6, 6.07) is 33.6. The van der Waals surface area contributed by atoms with Crippen LogP contribution >= 0.6 is 23.1 Å². The van der Waals surface area contributed by atoms with Gasteiger partial charge in [-0.25, -0.2) is 4.98 Å². The number of benzene rings is 4. The molecule has 0 saturated heterocycles. The van der Waals surface area contributed by atoms with Crippen molar-refractivity contribution < 1.29 is 14.4 Å². The summed E-state index contributed by atoms with van der Waals surface area (Å²) in [5.74, 6) is -0.491. The Bertz CT molecular complexity index is 1800. The molecular formula is C36H32N4O3S2. The van der Waals surface area contributed by atoms with Crippen LogP contribution in [0.2, 0.25) is 0 Å². The minimum Gasteiger partial charge on any atom is -0.321 e. The van der Waals surface area contributed by atoms with Gasteiger partial charge in [0.1, 0.15) is 5.70 Å². The van der Waals surface area contributed by atoms with Crippen LogP contribution in [0.1, 0.15) is 41.3 Å². The molecule has 5 aromatic rings. The molecule has 45 heavy (non-hydrogen) atoms. The van der Waals surface area contributed by atoms with Gasteiger partial charge in [0.2, 0.25) is 5.91 Å². The minimum atomic E-state index is -0.467. The Kier molecular flexibility index (Phi) is 10.6. The topological polar surface area (TPSA) is 100 Å². The van der Waals surface area contributed by atoms with Crippen molar-refractivity contribution in [3.8, 4) is 11.3 Å². The van der Waals surface area contributed by atoms with E-state index in [2.05, 4.69) is 34.8 Å². The standard InChI is InChI=1S/C36H32N4O3S2/c1-24(2)26-18-16-25(17-19-26)20-31(38-34(42)28-12-7-4-8-13-28)35(43)37-29-14-9-15-30(21-29)44-23-33(41)40-36-39-32(22-45-36)27-10-5-3-6-11-27/h3-22,24H,23H2,1-2H3,(H,37,43)(H,38,42)(H,39,40,41)/b31-20+. The Labute approximate surface area is 270 Å². The molecule has 3 amide bonds. The van der Waals surface area contributed by atoms with Gasteiger partial charge in [0, 0.05) is 27.1 Å². The van der Waals surface area contributed by atoms with Crippen LogP contribution < -0.4 is 16.0 Å². The molecule has 0 atom stereocenters. The zero-order valence-electron chi connectivity index (χ0n) is 24.8. The fourth-order valence-corrected chi connectivity index (χ4v) is 5.82. The van der Waals surface area contributed by atoms with Crippen molar-refractivity contribution in [3.63, 3.8) is 0 Å². The number of thioether (sulfide) groups is 1. The lowest BCUT2D eigenvalue weighted by molar-refractivity contribution is -0.114. The van der Waals surface area contributed by atoms with Crippen molar-refractivity contribution in [2.75, 3.05) is 16.4 Å². The van der Waals surface area contributed by atoms with Gasteiger partial charge in [-0.3, -0.25) is 14.4 Å². The van der Waals surface area contributed by atoms with Crippen LogP contribution in [0, 0.1) is 0 Å². The van der Waals surface area contributed by atoms with Gasteiger partial charge in [0.25, 0.3) is 11.8 Å². The Morgan fingerprint density at radius 2 is 1.56 bits per heavy atom. The third-order valence-corrected chi connectivity index (χ3v) is 8.48. The van der Waals surface area contributed by atoms with Crippen LogP contribution in [0.3, 0.4) is 0 Å². The SMILES string of the molecule is CC(C)c1ccc(/C=C(/NC(=O)c2ccccc2)C(=O)Nc2cccc(SCC(=O)Nc3nc(-c4ccccc4)cs3)c2)cc1. The van der Waals surface area contributed by atoms with E-state index < -0.39 is 5.91 Å². The summed E-state index contributed by atoms with van der Waals surface area (Å²) in [4.78, 5) is 44.4. The summed E-state index contributed by atoms with van der Waals surface area (Å²) in [6.07, 6.45) is 1.66. The first-order valence-electron chi connectivity index (χ1n) is 14.4. The third kappa shape index (κ3) is 9.01. The Balaban J connectivity index is 1.24. The number of rotatable bonds is 11. The molecule has 0 aliphatic heterocycles. The Morgan fingerprint density at radius 3 is 2.27 bits per heavy atom. The Hall–Kier alpha value is -4.99. The van der Waals surface area contributed by atoms with Crippen LogP contribution in [0.5, 0.6) is 0 Å². The van der Waals surface area contributed by atoms with E-state index in [0.29, 0.717) is 22.3 Å². The number of thiazole rings is 1. The van der Waals surface area contributed by atoms with Gasteiger partial charge in [-0.1, -0.05) is 92.7 Å². The number of nitrogens with one attached hydrogen (secondary N) is 3. The maximum Gasteiger partial charge on any atom is 0.272 e. The van der Waals surface area contributed by atoms with E-state index in [-0.39, 0.29) is 23.3 Å². The summed E-state index contributed by atoms with van der Waals surface area (Å²) in [5.41, 5.74) is 4.85. The first-order chi connectivity index (χ1) is 21.8. The maximum absolute atomic E-state index is 13.5. The van der Waals surface area contributed by atoms with Gasteiger partial charge in [-0.2, -0.15) is 0 Å². The minimum absolute atomic E-state index is 0.108. The Morgan fingerprint density at radius 1 is 0.844 bits per heavy atom. The molecule has 7 nitrogen and oxygen atoms in total. The lowest BCUT2D eigenvalue weighted by Crippen LogP contribution is -2.30. The van der Waals surface area contributed by atoms with E-state index in [0.717, 1.165) is 21.7 Å². The zero-order valence-corrected chi connectivity index (χ0v) is 26.5. The van der Waals surface area contributed by atoms with Crippen molar-refractivity contribution in [2.45, 2.75) is 24.7 Å². The lowest BCUT2D eigenvalue weighted by atomic mass is 10.0. The fourth-order valence-electron chi connectivity index (χ4n) is 4.33. The lowest BCUT2D eigenvalue weighted by Gasteiger charge is -2.12. The predicted octanol–water partition coefficient (Wildman–Crippen LogP) is 8.07. The smallest absolute Gasteiger partial charge is 0.272 e. The summed E-state index contributed by atoms with van der Waals surface area (Å²) >= 11 is 2.72. The van der Waals surface area contributed by atoms with Crippen molar-refractivity contribution in [2.24, 2.45) is 0 Å². The molecular weight excluding hydrogens is 601 g/mol. The molecule has 3 N–H and O–H groups in total. The van der Waals surface area contributed by atoms with Crippen LogP contribution in [-0.2, 0) is 9.59 Å². The fraction of sp³-hybridized carbons (Fsp3) is 0.111. The van der Waals surface area contributed by atoms with Crippen molar-refractivity contribution in [1.82, 2.24) is 10.3 Å². The quantitative estimate of drug-likeness (QED) is 0.101. The monoisotopic (exact) mass is 632 g/mol. The van der Waals surface area contributed by atoms with Gasteiger partial charge >= 0.3 is 0 Å². The molecule has 0 spiro atoms. The number of carbonyl (C=O) groups excluding carboxylic acids is 3. The molecule has 0 unspecified atom stereocenters. The van der Waals surface area contributed by atoms with Crippen LogP contribution in [0.15, 0.2) is 125 Å². The van der Waals surface area contributed by atoms with Crippen molar-refractivity contribution in [3.05, 3.63) is 137 Å². The average Bonchev–Trinajstić information content (AvgIpc) is 3.53. The number of anilines is 2. The van der Waals surface area contributed by atoms with Gasteiger partial charge in [0.15, 0.2) is 5.13 Å². The summed E-state index contributed by atoms with van der Waals surface area (Å²) in [7, 11) is 0. The van der Waals surface area contributed by atoms with E-state index >= 15 is 0 Å². The molecule has 0 radical (unpaired) electrons. The number of carbonyl (C=O) groups is 3. The maximum atomic E-state index is 13.5. The van der Waals surface area contributed by atoms with Gasteiger partial charge in [0.05, 0.1) is 11.4 Å². The van der Waals surface area contributed by atoms with E-state index in [4.69, 9.17) is 0 Å². The highest BCUT2D eigenvalue weighted by molar-refractivity contribution is 8.00. The molecule has 0 fully saturated rings. The summed E-state index contributed by atoms with van der Waals surface area (Å²) in [6.45, 7) is 4.23. The highest BCUT2D eigenvalue weighted by Crippen LogP contribution is 2.26. The zero-order chi connectivity index (χ0) is 31.6. The van der Waals surface area contributed by atoms with E-state index in [1.807, 2.05) is 72.1 Å². The second-order valence-corrected chi connectivity index (χ2v) is 12.3. The van der Waals surface area contributed by atoms with E-state index in [1.165, 1.54) is 28.7 Å². The predicted molar refractivity (Wildman–Crippen MR) is 184 cm³/mol. The second kappa shape index (κ2) is 15.1. The average molecular weight is 633 g/mol. The molecule has 0 bridgehead atoms. The number of aromatic nitrogens is 1. The molecule has 1 aromatic heterocycles. The molecule has 1 heterocycles. The third-order valence-electron chi connectivity index (χ3n) is 6.72. The first kappa shape index (κ1) is 31.4. The molecule has 9 heteroatoms.